The van der Waals surface area contributed by atoms with Crippen molar-refractivity contribution in [1.29, 1.82) is 0 Å². The topological polar surface area (TPSA) is 65.3 Å². The number of rotatable bonds is 3. The van der Waals surface area contributed by atoms with Crippen LogP contribution >= 0.6 is 15.9 Å². The Morgan fingerprint density at radius 2 is 2.27 bits per heavy atom. The Bertz CT molecular complexity index is 400. The normalized spacial score (nSPS) is 10.5. The number of nitrogens with zero attached hydrogens (tertiary/aromatic N) is 2. The zero-order valence-electron chi connectivity index (χ0n) is 7.41. The minimum absolute atomic E-state index is 0.0491. The summed E-state index contributed by atoms with van der Waals surface area (Å²) < 4.78 is 29.3. The Balaban J connectivity index is 3.38. The van der Waals surface area contributed by atoms with Gasteiger partial charge in [0.15, 0.2) is 4.47 Å². The number of hydrogen-bond acceptors (Lipinski definition) is 4. The van der Waals surface area contributed by atoms with Gasteiger partial charge in [-0.25, -0.2) is 8.78 Å². The fourth-order valence-electron chi connectivity index (χ4n) is 0.893. The van der Waals surface area contributed by atoms with E-state index in [2.05, 4.69) is 20.9 Å². The summed E-state index contributed by atoms with van der Waals surface area (Å²) in [6, 6.07) is 0.946. The second kappa shape index (κ2) is 4.47. The molecule has 0 aliphatic carbocycles. The third-order valence-electron chi connectivity index (χ3n) is 1.54. The molecule has 1 aromatic heterocycles. The fourth-order valence-corrected chi connectivity index (χ4v) is 1.40. The van der Waals surface area contributed by atoms with Crippen LogP contribution in [0.3, 0.4) is 0 Å². The number of methoxy groups -OCH3 is 1. The molecule has 0 radical (unpaired) electrons. The van der Waals surface area contributed by atoms with Gasteiger partial charge in [-0.15, -0.1) is 0 Å². The third kappa shape index (κ3) is 2.38. The highest BCUT2D eigenvalue weighted by Crippen LogP contribution is 2.35. The molecule has 15 heavy (non-hydrogen) atoms. The monoisotopic (exact) mass is 282 g/mol. The molecule has 0 aliphatic rings. The molecule has 5 nitrogen and oxygen atoms in total. The van der Waals surface area contributed by atoms with Crippen LogP contribution in [0.4, 0.5) is 14.6 Å². The largest absolute Gasteiger partial charge is 0.495 e. The molecule has 1 heterocycles. The summed E-state index contributed by atoms with van der Waals surface area (Å²) in [5.41, 5.74) is -0.693. The fraction of sp³-hybridized carbons (Fsp3) is 0.286. The maximum atomic E-state index is 12.3. The molecular formula is C7H5BrF2N2O3. The molecule has 0 spiro atoms. The van der Waals surface area contributed by atoms with Crippen LogP contribution in [0.5, 0.6) is 5.75 Å². The zero-order valence-corrected chi connectivity index (χ0v) is 8.99. The molecule has 0 aromatic carbocycles. The van der Waals surface area contributed by atoms with Crippen molar-refractivity contribution in [3.63, 3.8) is 0 Å². The second-order valence-electron chi connectivity index (χ2n) is 2.44. The number of hydrogen-bond donors (Lipinski definition) is 0. The van der Waals surface area contributed by atoms with E-state index in [1.165, 1.54) is 7.11 Å². The van der Waals surface area contributed by atoms with Gasteiger partial charge in [0.05, 0.1) is 7.11 Å². The molecule has 0 amide bonds. The van der Waals surface area contributed by atoms with Crippen molar-refractivity contribution < 1.29 is 18.4 Å². The molecule has 0 aliphatic heterocycles. The van der Waals surface area contributed by atoms with E-state index in [1.807, 2.05) is 0 Å². The molecule has 1 aromatic rings. The van der Waals surface area contributed by atoms with Gasteiger partial charge in [-0.3, -0.25) is 0 Å². The van der Waals surface area contributed by atoms with E-state index < -0.39 is 22.9 Å². The number of pyridine rings is 1. The quantitative estimate of drug-likeness (QED) is 0.632. The van der Waals surface area contributed by atoms with Gasteiger partial charge >= 0.3 is 12.2 Å². The van der Waals surface area contributed by atoms with Gasteiger partial charge in [-0.2, -0.15) is 0 Å². The van der Waals surface area contributed by atoms with Crippen LogP contribution in [-0.4, -0.2) is 17.0 Å². The molecular weight excluding hydrogens is 278 g/mol. The van der Waals surface area contributed by atoms with Crippen molar-refractivity contribution in [2.75, 3.05) is 7.11 Å². The Labute approximate surface area is 91.3 Å². The molecule has 0 N–H and O–H groups in total. The van der Waals surface area contributed by atoms with Gasteiger partial charge in [0.25, 0.3) is 0 Å². The van der Waals surface area contributed by atoms with Crippen LogP contribution in [0.15, 0.2) is 10.5 Å². The summed E-state index contributed by atoms with van der Waals surface area (Å²) in [5, 5.41) is 10.5. The molecule has 0 saturated heterocycles. The van der Waals surface area contributed by atoms with Gasteiger partial charge in [0.2, 0.25) is 5.69 Å². The first kappa shape index (κ1) is 11.8. The minimum atomic E-state index is -2.88. The summed E-state index contributed by atoms with van der Waals surface area (Å²) in [5.74, 6) is -0.739. The minimum Gasteiger partial charge on any atom is -0.495 e. The van der Waals surface area contributed by atoms with Crippen molar-refractivity contribution >= 4 is 21.7 Å². The Morgan fingerprint density at radius 3 is 2.67 bits per heavy atom. The van der Waals surface area contributed by atoms with Gasteiger partial charge in [-0.05, 0) is 25.8 Å². The van der Waals surface area contributed by atoms with Crippen LogP contribution in [0.25, 0.3) is 0 Å². The molecule has 0 bridgehead atoms. The van der Waals surface area contributed by atoms with Crippen molar-refractivity contribution in [3.05, 3.63) is 26.3 Å². The SMILES string of the molecule is COc1cc(C(F)F)nc([N+](=O)[O-])c1Br. The number of aromatic nitrogens is 1. The maximum absolute atomic E-state index is 12.3. The lowest BCUT2D eigenvalue weighted by atomic mass is 10.3. The maximum Gasteiger partial charge on any atom is 0.382 e. The number of ether oxygens (including phenoxy) is 1. The van der Waals surface area contributed by atoms with Gasteiger partial charge in [0, 0.05) is 6.07 Å². The van der Waals surface area contributed by atoms with E-state index in [0.29, 0.717) is 0 Å². The average molecular weight is 283 g/mol. The standard InChI is InChI=1S/C7H5BrF2N2O3/c1-15-4-2-3(6(9)10)11-7(5(4)8)12(13)14/h2,6H,1H3. The summed E-state index contributed by atoms with van der Waals surface area (Å²) in [6.45, 7) is 0. The van der Waals surface area contributed by atoms with E-state index in [-0.39, 0.29) is 10.2 Å². The van der Waals surface area contributed by atoms with Crippen molar-refractivity contribution in [2.24, 2.45) is 0 Å². The average Bonchev–Trinajstić information content (AvgIpc) is 2.17. The molecule has 1 rings (SSSR count). The van der Waals surface area contributed by atoms with Crippen LogP contribution in [-0.2, 0) is 0 Å². The van der Waals surface area contributed by atoms with Crippen molar-refractivity contribution in [1.82, 2.24) is 4.98 Å². The van der Waals surface area contributed by atoms with Crippen LogP contribution in [0, 0.1) is 10.1 Å². The highest BCUT2D eigenvalue weighted by atomic mass is 79.9. The van der Waals surface area contributed by atoms with Crippen molar-refractivity contribution in [3.8, 4) is 5.75 Å². The molecule has 0 fully saturated rings. The number of alkyl halides is 2. The predicted octanol–water partition coefficient (Wildman–Crippen LogP) is 2.70. The second-order valence-corrected chi connectivity index (χ2v) is 3.24. The third-order valence-corrected chi connectivity index (χ3v) is 2.29. The van der Waals surface area contributed by atoms with Gasteiger partial charge < -0.3 is 14.9 Å². The number of halogens is 3. The lowest BCUT2D eigenvalue weighted by molar-refractivity contribution is -0.390. The lowest BCUT2D eigenvalue weighted by Crippen LogP contribution is -2.00. The van der Waals surface area contributed by atoms with Gasteiger partial charge in [0.1, 0.15) is 5.75 Å². The summed E-state index contributed by atoms with van der Waals surface area (Å²) >= 11 is 2.85. The first-order valence-corrected chi connectivity index (χ1v) is 4.43. The first-order valence-electron chi connectivity index (χ1n) is 3.64. The number of nitro groups is 1. The molecule has 0 unspecified atom stereocenters. The summed E-state index contributed by atoms with van der Waals surface area (Å²) in [4.78, 5) is 12.8. The lowest BCUT2D eigenvalue weighted by Gasteiger charge is -2.04. The Hall–Kier alpha value is -1.31. The smallest absolute Gasteiger partial charge is 0.382 e. The van der Waals surface area contributed by atoms with E-state index in [1.54, 1.807) is 0 Å². The molecule has 8 heteroatoms. The summed E-state index contributed by atoms with van der Waals surface area (Å²) in [7, 11) is 1.22. The highest BCUT2D eigenvalue weighted by molar-refractivity contribution is 9.10. The molecule has 82 valence electrons. The van der Waals surface area contributed by atoms with Crippen LogP contribution in [0.1, 0.15) is 12.1 Å². The summed E-state index contributed by atoms with van der Waals surface area (Å²) in [6.07, 6.45) is -2.88. The van der Waals surface area contributed by atoms with E-state index in [9.17, 15) is 18.9 Å². The zero-order chi connectivity index (χ0) is 11.6. The molecule has 0 atom stereocenters. The van der Waals surface area contributed by atoms with E-state index >= 15 is 0 Å². The first-order chi connectivity index (χ1) is 6.97. The van der Waals surface area contributed by atoms with Gasteiger partial charge in [-0.1, -0.05) is 0 Å². The molecule has 0 saturated carbocycles. The van der Waals surface area contributed by atoms with Crippen LogP contribution < -0.4 is 4.74 Å². The Morgan fingerprint density at radius 1 is 1.67 bits per heavy atom. The predicted molar refractivity (Wildman–Crippen MR) is 50.1 cm³/mol. The van der Waals surface area contributed by atoms with E-state index in [4.69, 9.17) is 4.74 Å². The van der Waals surface area contributed by atoms with Crippen molar-refractivity contribution in [2.45, 2.75) is 6.43 Å². The highest BCUT2D eigenvalue weighted by Gasteiger charge is 2.25. The van der Waals surface area contributed by atoms with Crippen LogP contribution in [0.2, 0.25) is 0 Å². The van der Waals surface area contributed by atoms with E-state index in [0.717, 1.165) is 6.07 Å². The Kier molecular flexibility index (Phi) is 3.51.